The standard InChI is InChI=1S/C18H24N2O2/c21-18(17-6-3-11-22-17)20-9-7-19(8-10-20)16-12-14-4-1-2-5-15(14)13-16/h1-2,4-5,16-17H,3,6-13H2/t17-/m1/s1. The monoisotopic (exact) mass is 300 g/mol. The molecular weight excluding hydrogens is 276 g/mol. The predicted octanol–water partition coefficient (Wildman–Crippen LogP) is 1.48. The van der Waals surface area contributed by atoms with Crippen LogP contribution in [0.25, 0.3) is 0 Å². The molecule has 1 amide bonds. The van der Waals surface area contributed by atoms with Crippen molar-refractivity contribution in [2.45, 2.75) is 37.8 Å². The van der Waals surface area contributed by atoms with E-state index in [2.05, 4.69) is 29.2 Å². The number of amides is 1. The van der Waals surface area contributed by atoms with E-state index in [0.717, 1.165) is 58.5 Å². The zero-order valence-electron chi connectivity index (χ0n) is 13.0. The molecule has 2 saturated heterocycles. The Morgan fingerprint density at radius 3 is 2.32 bits per heavy atom. The molecule has 118 valence electrons. The highest BCUT2D eigenvalue weighted by atomic mass is 16.5. The smallest absolute Gasteiger partial charge is 0.251 e. The van der Waals surface area contributed by atoms with Crippen molar-refractivity contribution < 1.29 is 9.53 Å². The van der Waals surface area contributed by atoms with E-state index in [0.29, 0.717) is 6.04 Å². The maximum atomic E-state index is 12.4. The number of carbonyl (C=O) groups excluding carboxylic acids is 1. The van der Waals surface area contributed by atoms with Crippen LogP contribution in [-0.4, -0.2) is 60.6 Å². The van der Waals surface area contributed by atoms with E-state index in [1.54, 1.807) is 0 Å². The lowest BCUT2D eigenvalue weighted by Gasteiger charge is -2.38. The van der Waals surface area contributed by atoms with Crippen molar-refractivity contribution in [2.75, 3.05) is 32.8 Å². The third kappa shape index (κ3) is 2.66. The third-order valence-electron chi connectivity index (χ3n) is 5.38. The summed E-state index contributed by atoms with van der Waals surface area (Å²) in [5.74, 6) is 0.215. The molecule has 4 nitrogen and oxygen atoms in total. The zero-order valence-corrected chi connectivity index (χ0v) is 13.0. The van der Waals surface area contributed by atoms with Gasteiger partial charge in [-0.1, -0.05) is 24.3 Å². The third-order valence-corrected chi connectivity index (χ3v) is 5.38. The van der Waals surface area contributed by atoms with Crippen molar-refractivity contribution in [3.05, 3.63) is 35.4 Å². The molecule has 1 aromatic rings. The lowest BCUT2D eigenvalue weighted by Crippen LogP contribution is -2.54. The number of rotatable bonds is 2. The van der Waals surface area contributed by atoms with E-state index in [4.69, 9.17) is 4.74 Å². The fourth-order valence-corrected chi connectivity index (χ4v) is 4.08. The van der Waals surface area contributed by atoms with Crippen LogP contribution in [0.4, 0.5) is 0 Å². The van der Waals surface area contributed by atoms with Crippen molar-refractivity contribution in [1.82, 2.24) is 9.80 Å². The molecule has 0 unspecified atom stereocenters. The molecule has 0 spiro atoms. The van der Waals surface area contributed by atoms with E-state index in [-0.39, 0.29) is 12.0 Å². The normalized spacial score (nSPS) is 26.4. The van der Waals surface area contributed by atoms with Gasteiger partial charge in [-0.05, 0) is 36.8 Å². The van der Waals surface area contributed by atoms with Gasteiger partial charge in [0.25, 0.3) is 5.91 Å². The molecule has 2 fully saturated rings. The van der Waals surface area contributed by atoms with Gasteiger partial charge in [0.05, 0.1) is 0 Å². The van der Waals surface area contributed by atoms with Crippen LogP contribution in [0, 0.1) is 0 Å². The van der Waals surface area contributed by atoms with Gasteiger partial charge in [-0.15, -0.1) is 0 Å². The van der Waals surface area contributed by atoms with Crippen molar-refractivity contribution >= 4 is 5.91 Å². The van der Waals surface area contributed by atoms with Gasteiger partial charge in [0.2, 0.25) is 0 Å². The molecule has 1 atom stereocenters. The number of hydrogen-bond acceptors (Lipinski definition) is 3. The molecular formula is C18H24N2O2. The zero-order chi connectivity index (χ0) is 14.9. The van der Waals surface area contributed by atoms with Crippen LogP contribution in [0.5, 0.6) is 0 Å². The number of nitrogens with zero attached hydrogens (tertiary/aromatic N) is 2. The Hall–Kier alpha value is -1.39. The van der Waals surface area contributed by atoms with Crippen LogP contribution in [0.2, 0.25) is 0 Å². The Labute approximate surface area is 132 Å². The fraction of sp³-hybridized carbons (Fsp3) is 0.611. The molecule has 0 saturated carbocycles. The first-order chi connectivity index (χ1) is 10.8. The Morgan fingerprint density at radius 1 is 1.05 bits per heavy atom. The van der Waals surface area contributed by atoms with E-state index in [1.165, 1.54) is 11.1 Å². The van der Waals surface area contributed by atoms with E-state index >= 15 is 0 Å². The second-order valence-corrected chi connectivity index (χ2v) is 6.69. The molecule has 0 bridgehead atoms. The maximum absolute atomic E-state index is 12.4. The Morgan fingerprint density at radius 2 is 1.73 bits per heavy atom. The SMILES string of the molecule is O=C([C@H]1CCCO1)N1CCN(C2Cc3ccccc3C2)CC1. The lowest BCUT2D eigenvalue weighted by atomic mass is 10.1. The minimum atomic E-state index is -0.165. The topological polar surface area (TPSA) is 32.8 Å². The summed E-state index contributed by atoms with van der Waals surface area (Å²) in [5.41, 5.74) is 3.01. The van der Waals surface area contributed by atoms with Gasteiger partial charge in [0.15, 0.2) is 0 Å². The maximum Gasteiger partial charge on any atom is 0.251 e. The van der Waals surface area contributed by atoms with Gasteiger partial charge in [-0.3, -0.25) is 9.69 Å². The van der Waals surface area contributed by atoms with E-state index in [1.807, 2.05) is 4.90 Å². The molecule has 1 aliphatic carbocycles. The van der Waals surface area contributed by atoms with Gasteiger partial charge < -0.3 is 9.64 Å². The van der Waals surface area contributed by atoms with Gasteiger partial charge >= 0.3 is 0 Å². The minimum absolute atomic E-state index is 0.165. The highest BCUT2D eigenvalue weighted by Gasteiger charge is 2.33. The quantitative estimate of drug-likeness (QED) is 0.829. The molecule has 2 heterocycles. The molecule has 2 aliphatic heterocycles. The van der Waals surface area contributed by atoms with Crippen LogP contribution in [0.15, 0.2) is 24.3 Å². The summed E-state index contributed by atoms with van der Waals surface area (Å²) in [6.45, 7) is 4.45. The van der Waals surface area contributed by atoms with Gasteiger partial charge in [0, 0.05) is 38.8 Å². The largest absolute Gasteiger partial charge is 0.368 e. The fourth-order valence-electron chi connectivity index (χ4n) is 4.08. The van der Waals surface area contributed by atoms with Crippen LogP contribution in [0.1, 0.15) is 24.0 Å². The van der Waals surface area contributed by atoms with Crippen LogP contribution < -0.4 is 0 Å². The Kier molecular flexibility index (Phi) is 3.89. The Balaban J connectivity index is 1.32. The second-order valence-electron chi connectivity index (χ2n) is 6.69. The summed E-state index contributed by atoms with van der Waals surface area (Å²) in [7, 11) is 0. The van der Waals surface area contributed by atoms with Crippen LogP contribution >= 0.6 is 0 Å². The number of benzene rings is 1. The van der Waals surface area contributed by atoms with Gasteiger partial charge in [-0.2, -0.15) is 0 Å². The summed E-state index contributed by atoms with van der Waals surface area (Å²) in [5, 5.41) is 0. The van der Waals surface area contributed by atoms with Crippen molar-refractivity contribution in [3.8, 4) is 0 Å². The average Bonchev–Trinajstić information content (AvgIpc) is 3.23. The number of piperazine rings is 1. The summed E-state index contributed by atoms with van der Waals surface area (Å²) in [4.78, 5) is 17.0. The van der Waals surface area contributed by atoms with Crippen molar-refractivity contribution in [3.63, 3.8) is 0 Å². The molecule has 0 aromatic heterocycles. The number of fused-ring (bicyclic) bond motifs is 1. The number of hydrogen-bond donors (Lipinski definition) is 0. The first kappa shape index (κ1) is 14.2. The summed E-state index contributed by atoms with van der Waals surface area (Å²) in [6, 6.07) is 9.41. The van der Waals surface area contributed by atoms with Crippen LogP contribution in [-0.2, 0) is 22.4 Å². The molecule has 0 radical (unpaired) electrons. The molecule has 22 heavy (non-hydrogen) atoms. The molecule has 3 aliphatic rings. The van der Waals surface area contributed by atoms with Crippen molar-refractivity contribution in [1.29, 1.82) is 0 Å². The summed E-state index contributed by atoms with van der Waals surface area (Å²) >= 11 is 0. The second kappa shape index (κ2) is 6.01. The Bertz CT molecular complexity index is 521. The molecule has 4 heteroatoms. The highest BCUT2D eigenvalue weighted by molar-refractivity contribution is 5.81. The number of carbonyl (C=O) groups is 1. The first-order valence-corrected chi connectivity index (χ1v) is 8.52. The van der Waals surface area contributed by atoms with Crippen molar-refractivity contribution in [2.24, 2.45) is 0 Å². The first-order valence-electron chi connectivity index (χ1n) is 8.52. The highest BCUT2D eigenvalue weighted by Crippen LogP contribution is 2.26. The lowest BCUT2D eigenvalue weighted by molar-refractivity contribution is -0.143. The van der Waals surface area contributed by atoms with Crippen LogP contribution in [0.3, 0.4) is 0 Å². The van der Waals surface area contributed by atoms with Gasteiger partial charge in [0.1, 0.15) is 6.10 Å². The molecule has 1 aromatic carbocycles. The van der Waals surface area contributed by atoms with E-state index < -0.39 is 0 Å². The number of ether oxygens (including phenoxy) is 1. The summed E-state index contributed by atoms with van der Waals surface area (Å²) in [6.07, 6.45) is 4.08. The minimum Gasteiger partial charge on any atom is -0.368 e. The summed E-state index contributed by atoms with van der Waals surface area (Å²) < 4.78 is 5.53. The molecule has 0 N–H and O–H groups in total. The van der Waals surface area contributed by atoms with Gasteiger partial charge in [-0.25, -0.2) is 0 Å². The molecule has 4 rings (SSSR count). The van der Waals surface area contributed by atoms with E-state index in [9.17, 15) is 4.79 Å². The predicted molar refractivity (Wildman–Crippen MR) is 84.8 cm³/mol. The average molecular weight is 300 g/mol.